The zero-order valence-corrected chi connectivity index (χ0v) is 11.7. The van der Waals surface area contributed by atoms with E-state index in [1.54, 1.807) is 17.0 Å². The first-order valence-corrected chi connectivity index (χ1v) is 6.92. The van der Waals surface area contributed by atoms with Crippen molar-refractivity contribution in [2.45, 2.75) is 19.8 Å². The van der Waals surface area contributed by atoms with Crippen LogP contribution in [0.15, 0.2) is 24.3 Å². The molecule has 0 aromatic heterocycles. The fourth-order valence-corrected chi connectivity index (χ4v) is 2.50. The lowest BCUT2D eigenvalue weighted by atomic mass is 10.2. The number of hydrogen-bond donors (Lipinski definition) is 1. The Balaban J connectivity index is 2.03. The number of anilines is 1. The molecule has 1 saturated heterocycles. The molecule has 1 aromatic carbocycles. The average molecular weight is 276 g/mol. The average Bonchev–Trinajstić information content (AvgIpc) is 2.92. The van der Waals surface area contributed by atoms with Gasteiger partial charge in [-0.1, -0.05) is 0 Å². The normalized spacial score (nSPS) is 15.2. The van der Waals surface area contributed by atoms with Crippen LogP contribution in [0.2, 0.25) is 0 Å². The van der Waals surface area contributed by atoms with Crippen LogP contribution in [0.3, 0.4) is 0 Å². The van der Waals surface area contributed by atoms with E-state index in [0.29, 0.717) is 6.54 Å². The number of hydrogen-bond acceptors (Lipinski definition) is 3. The summed E-state index contributed by atoms with van der Waals surface area (Å²) < 4.78 is 0. The number of nitrogens with zero attached hydrogens (tertiary/aromatic N) is 2. The van der Waals surface area contributed by atoms with Gasteiger partial charge in [-0.25, -0.2) is 4.79 Å². The van der Waals surface area contributed by atoms with Gasteiger partial charge in [-0.3, -0.25) is 4.79 Å². The summed E-state index contributed by atoms with van der Waals surface area (Å²) in [6.45, 7) is 5.24. The van der Waals surface area contributed by atoms with E-state index in [0.717, 1.165) is 25.3 Å². The molecule has 0 bridgehead atoms. The van der Waals surface area contributed by atoms with Crippen LogP contribution < -0.4 is 4.90 Å². The molecule has 1 aromatic rings. The van der Waals surface area contributed by atoms with Gasteiger partial charge in [0.1, 0.15) is 0 Å². The molecule has 1 N–H and O–H groups in total. The number of carboxylic acids is 1. The molecule has 0 unspecified atom stereocenters. The minimum atomic E-state index is -0.956. The standard InChI is InChI=1S/C15H20N2O3/c1-12(18)17(11-10-16-8-2-3-9-16)14-6-4-13(5-7-14)15(19)20/h4-7H,2-3,8-11H2,1H3,(H,19,20). The summed E-state index contributed by atoms with van der Waals surface area (Å²) in [5.74, 6) is -0.977. The summed E-state index contributed by atoms with van der Waals surface area (Å²) in [6.07, 6.45) is 2.46. The van der Waals surface area contributed by atoms with Crippen molar-refractivity contribution in [1.82, 2.24) is 4.90 Å². The monoisotopic (exact) mass is 276 g/mol. The van der Waals surface area contributed by atoms with Crippen molar-refractivity contribution in [3.63, 3.8) is 0 Å². The molecular weight excluding hydrogens is 256 g/mol. The van der Waals surface area contributed by atoms with E-state index in [1.807, 2.05) is 0 Å². The molecule has 1 heterocycles. The number of amides is 1. The van der Waals surface area contributed by atoms with Crippen LogP contribution in [-0.4, -0.2) is 48.1 Å². The Labute approximate surface area is 118 Å². The van der Waals surface area contributed by atoms with Crippen molar-refractivity contribution in [3.05, 3.63) is 29.8 Å². The first kappa shape index (κ1) is 14.5. The van der Waals surface area contributed by atoms with Gasteiger partial charge in [-0.15, -0.1) is 0 Å². The van der Waals surface area contributed by atoms with E-state index < -0.39 is 5.97 Å². The molecule has 20 heavy (non-hydrogen) atoms. The van der Waals surface area contributed by atoms with Crippen molar-refractivity contribution in [1.29, 1.82) is 0 Å². The summed E-state index contributed by atoms with van der Waals surface area (Å²) in [5.41, 5.74) is 0.985. The molecule has 1 fully saturated rings. The highest BCUT2D eigenvalue weighted by Gasteiger charge is 2.16. The lowest BCUT2D eigenvalue weighted by molar-refractivity contribution is -0.116. The Morgan fingerprint density at radius 3 is 2.30 bits per heavy atom. The predicted molar refractivity (Wildman–Crippen MR) is 77.1 cm³/mol. The molecule has 0 spiro atoms. The van der Waals surface area contributed by atoms with Gasteiger partial charge in [0, 0.05) is 25.7 Å². The van der Waals surface area contributed by atoms with Gasteiger partial charge in [0.05, 0.1) is 5.56 Å². The molecule has 1 aliphatic heterocycles. The van der Waals surface area contributed by atoms with E-state index >= 15 is 0 Å². The number of aromatic carboxylic acids is 1. The number of carboxylic acid groups (broad SMARTS) is 1. The minimum Gasteiger partial charge on any atom is -0.478 e. The van der Waals surface area contributed by atoms with Crippen LogP contribution in [0.5, 0.6) is 0 Å². The molecule has 0 atom stereocenters. The Bertz CT molecular complexity index is 478. The van der Waals surface area contributed by atoms with Crippen LogP contribution in [-0.2, 0) is 4.79 Å². The number of benzene rings is 1. The molecule has 0 radical (unpaired) electrons. The predicted octanol–water partition coefficient (Wildman–Crippen LogP) is 1.83. The smallest absolute Gasteiger partial charge is 0.335 e. The van der Waals surface area contributed by atoms with Crippen LogP contribution in [0.4, 0.5) is 5.69 Å². The fourth-order valence-electron chi connectivity index (χ4n) is 2.50. The zero-order valence-electron chi connectivity index (χ0n) is 11.7. The molecule has 1 amide bonds. The van der Waals surface area contributed by atoms with Gasteiger partial charge >= 0.3 is 5.97 Å². The Morgan fingerprint density at radius 1 is 1.20 bits per heavy atom. The number of carbonyl (C=O) groups is 2. The number of rotatable bonds is 5. The Hall–Kier alpha value is -1.88. The van der Waals surface area contributed by atoms with E-state index in [1.165, 1.54) is 31.9 Å². The SMILES string of the molecule is CC(=O)N(CCN1CCCC1)c1ccc(C(=O)O)cc1. The minimum absolute atomic E-state index is 0.0210. The number of carbonyl (C=O) groups excluding carboxylic acids is 1. The Kier molecular flexibility index (Phi) is 4.74. The van der Waals surface area contributed by atoms with Crippen molar-refractivity contribution < 1.29 is 14.7 Å². The van der Waals surface area contributed by atoms with Gasteiger partial charge in [0.15, 0.2) is 0 Å². The van der Waals surface area contributed by atoms with Crippen molar-refractivity contribution in [2.75, 3.05) is 31.1 Å². The van der Waals surface area contributed by atoms with Gasteiger partial charge < -0.3 is 14.9 Å². The highest BCUT2D eigenvalue weighted by Crippen LogP contribution is 2.16. The van der Waals surface area contributed by atoms with Gasteiger partial charge in [0.25, 0.3) is 0 Å². The molecule has 1 aliphatic rings. The maximum Gasteiger partial charge on any atom is 0.335 e. The molecule has 5 nitrogen and oxygen atoms in total. The molecule has 108 valence electrons. The van der Waals surface area contributed by atoms with E-state index in [2.05, 4.69) is 4.90 Å². The van der Waals surface area contributed by atoms with Crippen LogP contribution in [0.25, 0.3) is 0 Å². The molecule has 0 aliphatic carbocycles. The second-order valence-corrected chi connectivity index (χ2v) is 5.07. The van der Waals surface area contributed by atoms with Crippen LogP contribution >= 0.6 is 0 Å². The van der Waals surface area contributed by atoms with Gasteiger partial charge in [-0.2, -0.15) is 0 Å². The van der Waals surface area contributed by atoms with Crippen molar-refractivity contribution in [2.24, 2.45) is 0 Å². The molecule has 5 heteroatoms. The van der Waals surface area contributed by atoms with E-state index in [4.69, 9.17) is 5.11 Å². The summed E-state index contributed by atoms with van der Waals surface area (Å²) in [7, 11) is 0. The first-order valence-electron chi connectivity index (χ1n) is 6.92. The third-order valence-electron chi connectivity index (χ3n) is 3.64. The van der Waals surface area contributed by atoms with E-state index in [-0.39, 0.29) is 11.5 Å². The highest BCUT2D eigenvalue weighted by atomic mass is 16.4. The molecule has 2 rings (SSSR count). The first-order chi connectivity index (χ1) is 9.58. The number of likely N-dealkylation sites (tertiary alicyclic amines) is 1. The summed E-state index contributed by atoms with van der Waals surface area (Å²) >= 11 is 0. The van der Waals surface area contributed by atoms with E-state index in [9.17, 15) is 9.59 Å². The largest absolute Gasteiger partial charge is 0.478 e. The lowest BCUT2D eigenvalue weighted by Gasteiger charge is -2.24. The third-order valence-corrected chi connectivity index (χ3v) is 3.64. The summed E-state index contributed by atoms with van der Waals surface area (Å²) in [6, 6.07) is 6.44. The highest BCUT2D eigenvalue weighted by molar-refractivity contribution is 5.93. The summed E-state index contributed by atoms with van der Waals surface area (Å²) in [4.78, 5) is 26.6. The molecule has 0 saturated carbocycles. The summed E-state index contributed by atoms with van der Waals surface area (Å²) in [5, 5.41) is 8.88. The fraction of sp³-hybridized carbons (Fsp3) is 0.467. The van der Waals surface area contributed by atoms with Gasteiger partial charge in [-0.05, 0) is 50.2 Å². The van der Waals surface area contributed by atoms with Crippen molar-refractivity contribution >= 4 is 17.6 Å². The second kappa shape index (κ2) is 6.52. The molecular formula is C15H20N2O3. The van der Waals surface area contributed by atoms with Crippen molar-refractivity contribution in [3.8, 4) is 0 Å². The Morgan fingerprint density at radius 2 is 1.80 bits per heavy atom. The van der Waals surface area contributed by atoms with Crippen LogP contribution in [0, 0.1) is 0 Å². The third kappa shape index (κ3) is 3.57. The zero-order chi connectivity index (χ0) is 14.5. The van der Waals surface area contributed by atoms with Crippen LogP contribution in [0.1, 0.15) is 30.1 Å². The lowest BCUT2D eigenvalue weighted by Crippen LogP contribution is -2.36. The second-order valence-electron chi connectivity index (χ2n) is 5.07. The maximum atomic E-state index is 11.8. The maximum absolute atomic E-state index is 11.8. The topological polar surface area (TPSA) is 60.9 Å². The van der Waals surface area contributed by atoms with Gasteiger partial charge in [0.2, 0.25) is 5.91 Å². The quantitative estimate of drug-likeness (QED) is 0.891.